The van der Waals surface area contributed by atoms with Crippen molar-refractivity contribution in [2.24, 2.45) is 0 Å². The van der Waals surface area contributed by atoms with Crippen molar-refractivity contribution in [3.63, 3.8) is 0 Å². The Morgan fingerprint density at radius 3 is 1.67 bits per heavy atom. The van der Waals surface area contributed by atoms with Gasteiger partial charge in [-0.15, -0.1) is 0 Å². The van der Waals surface area contributed by atoms with E-state index in [0.29, 0.717) is 0 Å². The zero-order valence-electron chi connectivity index (χ0n) is 23.5. The maximum Gasteiger partial charge on any atom is 0.147 e. The van der Waals surface area contributed by atoms with Gasteiger partial charge in [0.2, 0.25) is 0 Å². The molecule has 0 atom stereocenters. The number of pyridine rings is 2. The van der Waals surface area contributed by atoms with E-state index in [0.717, 1.165) is 27.8 Å². The first kappa shape index (κ1) is 23.0. The molecule has 0 saturated carbocycles. The van der Waals surface area contributed by atoms with Crippen LogP contribution in [0.25, 0.3) is 27.6 Å². The van der Waals surface area contributed by atoms with Crippen LogP contribution in [0, 0.1) is 0 Å². The Balaban J connectivity index is 1.48. The molecule has 3 aromatic heterocycles. The highest BCUT2D eigenvalue weighted by molar-refractivity contribution is 5.98. The highest BCUT2D eigenvalue weighted by Crippen LogP contribution is 2.56. The standard InChI is InChI=1S/C36H33N3/c1-35(2,3)30-16-15-24-27(37-30)19-31(36(4,5)6)39-29-18-26-25(17-28(29)38-34(24)39)32-20-11-7-9-13-22(20)33(26)23-14-10-8-12-21(23)32/h7-19,32-33H,1-6H3. The van der Waals surface area contributed by atoms with E-state index in [2.05, 4.69) is 125 Å². The van der Waals surface area contributed by atoms with Crippen LogP contribution < -0.4 is 0 Å². The average Bonchev–Trinajstić information content (AvgIpc) is 3.28. The number of hydrogen-bond acceptors (Lipinski definition) is 2. The quantitative estimate of drug-likeness (QED) is 0.206. The molecule has 2 bridgehead atoms. The summed E-state index contributed by atoms with van der Waals surface area (Å²) in [5.74, 6) is 0.503. The summed E-state index contributed by atoms with van der Waals surface area (Å²) in [5, 5.41) is 1.11. The predicted octanol–water partition coefficient (Wildman–Crippen LogP) is 8.62. The van der Waals surface area contributed by atoms with Gasteiger partial charge >= 0.3 is 0 Å². The number of fused-ring (bicyclic) bond motifs is 5. The lowest BCUT2D eigenvalue weighted by molar-refractivity contribution is 0.562. The van der Waals surface area contributed by atoms with Crippen molar-refractivity contribution in [2.45, 2.75) is 64.2 Å². The Morgan fingerprint density at radius 1 is 0.564 bits per heavy atom. The van der Waals surface area contributed by atoms with Crippen LogP contribution in [0.1, 0.15) is 98.1 Å². The molecule has 0 spiro atoms. The Bertz CT molecular complexity index is 1950. The molecule has 3 heterocycles. The van der Waals surface area contributed by atoms with Crippen LogP contribution in [0.3, 0.4) is 0 Å². The molecule has 192 valence electrons. The van der Waals surface area contributed by atoms with Crippen molar-refractivity contribution in [3.05, 3.63) is 124 Å². The van der Waals surface area contributed by atoms with Crippen LogP contribution in [0.15, 0.2) is 78.9 Å². The zero-order chi connectivity index (χ0) is 26.8. The number of benzene rings is 3. The van der Waals surface area contributed by atoms with Gasteiger partial charge < -0.3 is 0 Å². The van der Waals surface area contributed by atoms with E-state index < -0.39 is 0 Å². The minimum Gasteiger partial charge on any atom is -0.295 e. The van der Waals surface area contributed by atoms with Crippen LogP contribution in [0.2, 0.25) is 0 Å². The van der Waals surface area contributed by atoms with Gasteiger partial charge in [0.1, 0.15) is 5.65 Å². The number of imidazole rings is 1. The molecule has 0 saturated heterocycles. The van der Waals surface area contributed by atoms with Crippen molar-refractivity contribution in [1.29, 1.82) is 0 Å². The van der Waals surface area contributed by atoms with Gasteiger partial charge in [-0.05, 0) is 63.7 Å². The fourth-order valence-electron chi connectivity index (χ4n) is 7.10. The van der Waals surface area contributed by atoms with Crippen molar-refractivity contribution in [3.8, 4) is 0 Å². The Hall–Kier alpha value is -3.98. The minimum absolute atomic E-state index is 0.00923. The molecule has 3 aliphatic carbocycles. The van der Waals surface area contributed by atoms with Gasteiger partial charge in [0.15, 0.2) is 0 Å². The van der Waals surface area contributed by atoms with E-state index in [9.17, 15) is 0 Å². The lowest BCUT2D eigenvalue weighted by Gasteiger charge is -2.42. The van der Waals surface area contributed by atoms with Crippen molar-refractivity contribution in [2.75, 3.05) is 0 Å². The van der Waals surface area contributed by atoms with Gasteiger partial charge in [-0.3, -0.25) is 9.38 Å². The maximum atomic E-state index is 5.34. The maximum absolute atomic E-state index is 5.34. The molecule has 0 unspecified atom stereocenters. The first-order chi connectivity index (χ1) is 18.6. The molecule has 3 heteroatoms. The Morgan fingerprint density at radius 2 is 1.13 bits per heavy atom. The van der Waals surface area contributed by atoms with E-state index in [1.165, 1.54) is 44.6 Å². The lowest BCUT2D eigenvalue weighted by atomic mass is 9.61. The summed E-state index contributed by atoms with van der Waals surface area (Å²) in [6, 6.07) is 29.6. The second kappa shape index (κ2) is 7.35. The summed E-state index contributed by atoms with van der Waals surface area (Å²) in [6.45, 7) is 13.6. The molecule has 9 rings (SSSR count). The largest absolute Gasteiger partial charge is 0.295 e. The third-order valence-corrected chi connectivity index (χ3v) is 8.93. The van der Waals surface area contributed by atoms with Crippen LogP contribution in [-0.4, -0.2) is 14.4 Å². The predicted molar refractivity (Wildman–Crippen MR) is 160 cm³/mol. The molecule has 0 radical (unpaired) electrons. The molecule has 0 amide bonds. The minimum atomic E-state index is -0.0758. The smallest absolute Gasteiger partial charge is 0.147 e. The van der Waals surface area contributed by atoms with Crippen LogP contribution in [0.4, 0.5) is 0 Å². The number of aromatic nitrogens is 3. The normalized spacial score (nSPS) is 18.0. The fraction of sp³-hybridized carbons (Fsp3) is 0.278. The van der Waals surface area contributed by atoms with Gasteiger partial charge in [0.25, 0.3) is 0 Å². The first-order valence-electron chi connectivity index (χ1n) is 14.1. The van der Waals surface area contributed by atoms with Gasteiger partial charge in [-0.2, -0.15) is 0 Å². The Labute approximate surface area is 229 Å². The van der Waals surface area contributed by atoms with E-state index in [1.54, 1.807) is 0 Å². The third-order valence-electron chi connectivity index (χ3n) is 8.93. The summed E-state index contributed by atoms with van der Waals surface area (Å²) in [4.78, 5) is 10.5. The average molecular weight is 508 g/mol. The van der Waals surface area contributed by atoms with Crippen LogP contribution in [-0.2, 0) is 10.8 Å². The summed E-state index contributed by atoms with van der Waals surface area (Å²) < 4.78 is 2.41. The number of rotatable bonds is 0. The fourth-order valence-corrected chi connectivity index (χ4v) is 7.10. The monoisotopic (exact) mass is 507 g/mol. The molecule has 39 heavy (non-hydrogen) atoms. The molecule has 3 nitrogen and oxygen atoms in total. The molecule has 6 aromatic rings. The van der Waals surface area contributed by atoms with E-state index in [1.807, 2.05) is 0 Å². The van der Waals surface area contributed by atoms with Gasteiger partial charge in [-0.25, -0.2) is 4.98 Å². The topological polar surface area (TPSA) is 30.2 Å². The van der Waals surface area contributed by atoms with E-state index in [-0.39, 0.29) is 22.7 Å². The van der Waals surface area contributed by atoms with Gasteiger partial charge in [0, 0.05) is 39.4 Å². The summed E-state index contributed by atoms with van der Waals surface area (Å²) in [5.41, 5.74) is 15.2. The summed E-state index contributed by atoms with van der Waals surface area (Å²) in [6.07, 6.45) is 0. The molecule has 0 N–H and O–H groups in total. The summed E-state index contributed by atoms with van der Waals surface area (Å²) in [7, 11) is 0. The third kappa shape index (κ3) is 3.05. The molecule has 3 aromatic carbocycles. The molecular weight excluding hydrogens is 474 g/mol. The van der Waals surface area contributed by atoms with Gasteiger partial charge in [-0.1, -0.05) is 90.1 Å². The lowest BCUT2D eigenvalue weighted by Crippen LogP contribution is -2.27. The highest BCUT2D eigenvalue weighted by Gasteiger charge is 2.41. The molecular formula is C36H33N3. The molecule has 3 aliphatic rings. The number of nitrogens with zero attached hydrogens (tertiary/aromatic N) is 3. The second-order valence-electron chi connectivity index (χ2n) is 13.5. The molecule has 0 aliphatic heterocycles. The van der Waals surface area contributed by atoms with Crippen molar-refractivity contribution >= 4 is 27.6 Å². The van der Waals surface area contributed by atoms with Crippen LogP contribution >= 0.6 is 0 Å². The summed E-state index contributed by atoms with van der Waals surface area (Å²) >= 11 is 0. The highest BCUT2D eigenvalue weighted by atomic mass is 15.0. The SMILES string of the molecule is CC(C)(C)c1ccc2c(cc(C(C)(C)C)n3c4cc5c(cc4nc23)C2c3ccccc3C5c3ccccc32)n1. The Kier molecular flexibility index (Phi) is 4.33. The first-order valence-corrected chi connectivity index (χ1v) is 14.1. The van der Waals surface area contributed by atoms with Gasteiger partial charge in [0.05, 0.1) is 16.6 Å². The number of hydrogen-bond donors (Lipinski definition) is 0. The second-order valence-corrected chi connectivity index (χ2v) is 13.5. The van der Waals surface area contributed by atoms with Crippen molar-refractivity contribution in [1.82, 2.24) is 14.4 Å². The van der Waals surface area contributed by atoms with E-state index >= 15 is 0 Å². The molecule has 0 fully saturated rings. The van der Waals surface area contributed by atoms with Crippen molar-refractivity contribution < 1.29 is 0 Å². The van der Waals surface area contributed by atoms with Crippen LogP contribution in [0.5, 0.6) is 0 Å². The van der Waals surface area contributed by atoms with E-state index in [4.69, 9.17) is 9.97 Å². The zero-order valence-corrected chi connectivity index (χ0v) is 23.5.